The van der Waals surface area contributed by atoms with E-state index in [1.54, 1.807) is 0 Å². The Labute approximate surface area is 110 Å². The molecule has 0 aliphatic rings. The van der Waals surface area contributed by atoms with E-state index >= 15 is 0 Å². The molecule has 0 bridgehead atoms. The Morgan fingerprint density at radius 1 is 1.22 bits per heavy atom. The largest absolute Gasteiger partial charge is 0.508 e. The molecule has 0 atom stereocenters. The lowest BCUT2D eigenvalue weighted by molar-refractivity contribution is 0.468. The van der Waals surface area contributed by atoms with Crippen LogP contribution in [0.1, 0.15) is 11.1 Å². The standard InChI is InChI=1S/C14H13ClFNO/c1-9-2-3-12(7-14(9)15)17-8-10-4-11(16)6-13(18)5-10/h2-7,17-18H,8H2,1H3. The first-order valence-electron chi connectivity index (χ1n) is 5.53. The maximum Gasteiger partial charge on any atom is 0.127 e. The molecule has 0 aliphatic carbocycles. The zero-order chi connectivity index (χ0) is 13.1. The van der Waals surface area contributed by atoms with Gasteiger partial charge in [-0.15, -0.1) is 0 Å². The van der Waals surface area contributed by atoms with Crippen molar-refractivity contribution in [3.8, 4) is 5.75 Å². The van der Waals surface area contributed by atoms with Crippen LogP contribution in [0, 0.1) is 12.7 Å². The van der Waals surface area contributed by atoms with Crippen molar-refractivity contribution in [1.29, 1.82) is 0 Å². The highest BCUT2D eigenvalue weighted by Gasteiger charge is 2.01. The van der Waals surface area contributed by atoms with Crippen molar-refractivity contribution in [3.05, 3.63) is 58.4 Å². The third-order valence-corrected chi connectivity index (χ3v) is 3.02. The summed E-state index contributed by atoms with van der Waals surface area (Å²) in [6, 6.07) is 9.60. The molecule has 2 rings (SSSR count). The van der Waals surface area contributed by atoms with Crippen LogP contribution in [0.25, 0.3) is 0 Å². The summed E-state index contributed by atoms with van der Waals surface area (Å²) in [6.07, 6.45) is 0. The number of hydrogen-bond acceptors (Lipinski definition) is 2. The third-order valence-electron chi connectivity index (χ3n) is 2.61. The summed E-state index contributed by atoms with van der Waals surface area (Å²) in [5, 5.41) is 13.1. The molecule has 0 radical (unpaired) electrons. The Bertz CT molecular complexity index is 551. The van der Waals surface area contributed by atoms with Crippen LogP contribution in [0.4, 0.5) is 10.1 Å². The highest BCUT2D eigenvalue weighted by Crippen LogP contribution is 2.21. The smallest absolute Gasteiger partial charge is 0.127 e. The molecule has 0 amide bonds. The lowest BCUT2D eigenvalue weighted by Gasteiger charge is -2.08. The molecular formula is C14H13ClFNO. The van der Waals surface area contributed by atoms with Gasteiger partial charge in [-0.3, -0.25) is 0 Å². The first kappa shape index (κ1) is 12.7. The minimum absolute atomic E-state index is 0.0752. The number of rotatable bonds is 3. The number of phenols is 1. The second-order valence-electron chi connectivity index (χ2n) is 4.14. The molecule has 0 heterocycles. The van der Waals surface area contributed by atoms with E-state index in [0.717, 1.165) is 17.3 Å². The number of aromatic hydroxyl groups is 1. The third kappa shape index (κ3) is 3.14. The fraction of sp³-hybridized carbons (Fsp3) is 0.143. The van der Waals surface area contributed by atoms with Gasteiger partial charge in [0.2, 0.25) is 0 Å². The van der Waals surface area contributed by atoms with Crippen LogP contribution in [-0.4, -0.2) is 5.11 Å². The van der Waals surface area contributed by atoms with Crippen LogP contribution in [-0.2, 0) is 6.54 Å². The van der Waals surface area contributed by atoms with Crippen LogP contribution >= 0.6 is 11.6 Å². The molecule has 4 heteroatoms. The Kier molecular flexibility index (Phi) is 3.72. The monoisotopic (exact) mass is 265 g/mol. The summed E-state index contributed by atoms with van der Waals surface area (Å²) in [6.45, 7) is 2.35. The summed E-state index contributed by atoms with van der Waals surface area (Å²) in [5.74, 6) is -0.525. The molecule has 2 nitrogen and oxygen atoms in total. The summed E-state index contributed by atoms with van der Waals surface area (Å²) >= 11 is 6.01. The molecule has 18 heavy (non-hydrogen) atoms. The van der Waals surface area contributed by atoms with E-state index in [2.05, 4.69) is 5.32 Å². The normalized spacial score (nSPS) is 10.4. The lowest BCUT2D eigenvalue weighted by atomic mass is 10.2. The van der Waals surface area contributed by atoms with Gasteiger partial charge in [0.1, 0.15) is 11.6 Å². The van der Waals surface area contributed by atoms with Crippen LogP contribution in [0.2, 0.25) is 5.02 Å². The summed E-state index contributed by atoms with van der Waals surface area (Å²) in [5.41, 5.74) is 2.53. The molecule has 0 saturated carbocycles. The fourth-order valence-corrected chi connectivity index (χ4v) is 1.82. The van der Waals surface area contributed by atoms with Crippen LogP contribution in [0.15, 0.2) is 36.4 Å². The van der Waals surface area contributed by atoms with Gasteiger partial charge in [0, 0.05) is 23.3 Å². The molecule has 0 saturated heterocycles. The number of anilines is 1. The minimum Gasteiger partial charge on any atom is -0.508 e. The van der Waals surface area contributed by atoms with E-state index in [0.29, 0.717) is 17.1 Å². The van der Waals surface area contributed by atoms with Gasteiger partial charge in [0.15, 0.2) is 0 Å². The van der Waals surface area contributed by atoms with E-state index in [9.17, 15) is 9.50 Å². The number of hydrogen-bond donors (Lipinski definition) is 2. The molecule has 0 aromatic heterocycles. The molecule has 0 aliphatic heterocycles. The average molecular weight is 266 g/mol. The minimum atomic E-state index is -0.450. The zero-order valence-corrected chi connectivity index (χ0v) is 10.6. The molecular weight excluding hydrogens is 253 g/mol. The highest BCUT2D eigenvalue weighted by molar-refractivity contribution is 6.31. The summed E-state index contributed by atoms with van der Waals surface area (Å²) in [7, 11) is 0. The van der Waals surface area contributed by atoms with Crippen molar-refractivity contribution >= 4 is 17.3 Å². The van der Waals surface area contributed by atoms with E-state index in [1.807, 2.05) is 25.1 Å². The molecule has 2 aromatic carbocycles. The van der Waals surface area contributed by atoms with Crippen molar-refractivity contribution in [1.82, 2.24) is 0 Å². The second-order valence-corrected chi connectivity index (χ2v) is 4.54. The van der Waals surface area contributed by atoms with Gasteiger partial charge in [0.25, 0.3) is 0 Å². The van der Waals surface area contributed by atoms with Gasteiger partial charge in [-0.05, 0) is 42.3 Å². The first-order valence-corrected chi connectivity index (χ1v) is 5.91. The zero-order valence-electron chi connectivity index (χ0n) is 9.87. The highest BCUT2D eigenvalue weighted by atomic mass is 35.5. The maximum atomic E-state index is 13.1. The number of benzene rings is 2. The quantitative estimate of drug-likeness (QED) is 0.875. The van der Waals surface area contributed by atoms with Gasteiger partial charge in [-0.1, -0.05) is 17.7 Å². The molecule has 0 fully saturated rings. The molecule has 0 spiro atoms. The predicted octanol–water partition coefficient (Wildman–Crippen LogP) is 4.11. The molecule has 2 N–H and O–H groups in total. The Morgan fingerprint density at radius 2 is 2.00 bits per heavy atom. The van der Waals surface area contributed by atoms with Crippen molar-refractivity contribution in [3.63, 3.8) is 0 Å². The molecule has 94 valence electrons. The molecule has 2 aromatic rings. The van der Waals surface area contributed by atoms with Gasteiger partial charge < -0.3 is 10.4 Å². The number of nitrogens with one attached hydrogen (secondary N) is 1. The van der Waals surface area contributed by atoms with Crippen molar-refractivity contribution in [2.75, 3.05) is 5.32 Å². The number of halogens is 2. The Morgan fingerprint density at radius 3 is 2.67 bits per heavy atom. The second kappa shape index (κ2) is 5.27. The van der Waals surface area contributed by atoms with E-state index in [-0.39, 0.29) is 5.75 Å². The van der Waals surface area contributed by atoms with Crippen molar-refractivity contribution in [2.45, 2.75) is 13.5 Å². The Balaban J connectivity index is 2.08. The predicted molar refractivity (Wildman–Crippen MR) is 71.6 cm³/mol. The van der Waals surface area contributed by atoms with Gasteiger partial charge in [-0.2, -0.15) is 0 Å². The van der Waals surface area contributed by atoms with Crippen LogP contribution in [0.5, 0.6) is 5.75 Å². The average Bonchev–Trinajstić information content (AvgIpc) is 2.29. The topological polar surface area (TPSA) is 32.3 Å². The number of phenolic OH excluding ortho intramolecular Hbond substituents is 1. The van der Waals surface area contributed by atoms with Crippen LogP contribution < -0.4 is 5.32 Å². The molecule has 0 unspecified atom stereocenters. The van der Waals surface area contributed by atoms with Gasteiger partial charge >= 0.3 is 0 Å². The summed E-state index contributed by atoms with van der Waals surface area (Å²) in [4.78, 5) is 0. The number of aryl methyl sites for hydroxylation is 1. The van der Waals surface area contributed by atoms with E-state index < -0.39 is 5.82 Å². The van der Waals surface area contributed by atoms with Gasteiger partial charge in [-0.25, -0.2) is 4.39 Å². The van der Waals surface area contributed by atoms with Crippen molar-refractivity contribution < 1.29 is 9.50 Å². The lowest BCUT2D eigenvalue weighted by Crippen LogP contribution is -1.99. The van der Waals surface area contributed by atoms with Crippen LogP contribution in [0.3, 0.4) is 0 Å². The maximum absolute atomic E-state index is 13.1. The van der Waals surface area contributed by atoms with E-state index in [4.69, 9.17) is 11.6 Å². The Hall–Kier alpha value is -1.74. The van der Waals surface area contributed by atoms with Gasteiger partial charge in [0.05, 0.1) is 0 Å². The SMILES string of the molecule is Cc1ccc(NCc2cc(O)cc(F)c2)cc1Cl. The van der Waals surface area contributed by atoms with E-state index in [1.165, 1.54) is 12.1 Å². The first-order chi connectivity index (χ1) is 8.54. The fourth-order valence-electron chi connectivity index (χ4n) is 1.64. The summed E-state index contributed by atoms with van der Waals surface area (Å²) < 4.78 is 13.1. The van der Waals surface area contributed by atoms with Crippen molar-refractivity contribution in [2.24, 2.45) is 0 Å².